The first-order chi connectivity index (χ1) is 7.36. The molecule has 0 aromatic carbocycles. The lowest BCUT2D eigenvalue weighted by Crippen LogP contribution is -2.22. The number of amidine groups is 1. The Kier molecular flexibility index (Phi) is 4.01. The Morgan fingerprint density at radius 2 is 1.93 bits per heavy atom. The van der Waals surface area contributed by atoms with Crippen LogP contribution in [0, 0.1) is 11.8 Å². The minimum absolute atomic E-state index is 0.563. The van der Waals surface area contributed by atoms with Crippen molar-refractivity contribution in [1.82, 2.24) is 0 Å². The Bertz CT molecular complexity index is 218. The highest BCUT2D eigenvalue weighted by Gasteiger charge is 2.21. The Labute approximate surface area is 92.1 Å². The SMILES string of the molecule is NC(=NCCOCC1CC1)C1CCCC1. The van der Waals surface area contributed by atoms with Gasteiger partial charge >= 0.3 is 0 Å². The lowest BCUT2D eigenvalue weighted by molar-refractivity contribution is 0.132. The molecule has 0 spiro atoms. The summed E-state index contributed by atoms with van der Waals surface area (Å²) < 4.78 is 5.51. The first-order valence-electron chi connectivity index (χ1n) is 6.24. The van der Waals surface area contributed by atoms with Gasteiger partial charge in [-0.15, -0.1) is 0 Å². The van der Waals surface area contributed by atoms with Crippen molar-refractivity contribution in [3.63, 3.8) is 0 Å². The topological polar surface area (TPSA) is 47.6 Å². The van der Waals surface area contributed by atoms with Crippen LogP contribution >= 0.6 is 0 Å². The zero-order valence-electron chi connectivity index (χ0n) is 9.45. The van der Waals surface area contributed by atoms with Gasteiger partial charge in [-0.1, -0.05) is 12.8 Å². The van der Waals surface area contributed by atoms with Gasteiger partial charge in [0.15, 0.2) is 0 Å². The highest BCUT2D eigenvalue weighted by Crippen LogP contribution is 2.28. The lowest BCUT2D eigenvalue weighted by atomic mass is 10.1. The molecule has 15 heavy (non-hydrogen) atoms. The summed E-state index contributed by atoms with van der Waals surface area (Å²) in [6.45, 7) is 2.41. The first-order valence-corrected chi connectivity index (χ1v) is 6.24. The Balaban J connectivity index is 1.55. The van der Waals surface area contributed by atoms with E-state index in [2.05, 4.69) is 4.99 Å². The van der Waals surface area contributed by atoms with Crippen molar-refractivity contribution in [3.05, 3.63) is 0 Å². The fourth-order valence-corrected chi connectivity index (χ4v) is 2.12. The number of aliphatic imine (C=N–C) groups is 1. The third-order valence-corrected chi connectivity index (χ3v) is 3.35. The van der Waals surface area contributed by atoms with E-state index >= 15 is 0 Å². The van der Waals surface area contributed by atoms with Gasteiger partial charge < -0.3 is 10.5 Å². The molecule has 0 radical (unpaired) electrons. The predicted octanol–water partition coefficient (Wildman–Crippen LogP) is 1.96. The molecule has 3 nitrogen and oxygen atoms in total. The van der Waals surface area contributed by atoms with Gasteiger partial charge in [0.1, 0.15) is 0 Å². The Hall–Kier alpha value is -0.570. The molecule has 0 unspecified atom stereocenters. The van der Waals surface area contributed by atoms with E-state index in [0.29, 0.717) is 5.92 Å². The molecule has 0 amide bonds. The minimum atomic E-state index is 0.563. The van der Waals surface area contributed by atoms with E-state index in [4.69, 9.17) is 10.5 Å². The van der Waals surface area contributed by atoms with Gasteiger partial charge in [-0.3, -0.25) is 4.99 Å². The number of ether oxygens (including phenoxy) is 1. The maximum absolute atomic E-state index is 5.93. The van der Waals surface area contributed by atoms with Gasteiger partial charge in [-0.25, -0.2) is 0 Å². The van der Waals surface area contributed by atoms with Crippen LogP contribution in [0.1, 0.15) is 38.5 Å². The standard InChI is InChI=1S/C12H22N2O/c13-12(11-3-1-2-4-11)14-7-8-15-9-10-5-6-10/h10-11H,1-9H2,(H2,13,14). The fourth-order valence-electron chi connectivity index (χ4n) is 2.12. The van der Waals surface area contributed by atoms with Crippen LogP contribution in [0.5, 0.6) is 0 Å². The van der Waals surface area contributed by atoms with Gasteiger partial charge in [0.2, 0.25) is 0 Å². The molecule has 2 fully saturated rings. The van der Waals surface area contributed by atoms with Gasteiger partial charge in [-0.2, -0.15) is 0 Å². The summed E-state index contributed by atoms with van der Waals surface area (Å²) in [6, 6.07) is 0. The molecule has 2 aliphatic carbocycles. The molecule has 2 rings (SSSR count). The average molecular weight is 210 g/mol. The van der Waals surface area contributed by atoms with Crippen LogP contribution in [0.25, 0.3) is 0 Å². The molecule has 0 bridgehead atoms. The summed E-state index contributed by atoms with van der Waals surface area (Å²) in [5.41, 5.74) is 5.93. The summed E-state index contributed by atoms with van der Waals surface area (Å²) >= 11 is 0. The van der Waals surface area contributed by atoms with Crippen LogP contribution in [-0.2, 0) is 4.74 Å². The number of hydrogen-bond donors (Lipinski definition) is 1. The average Bonchev–Trinajstić information content (AvgIpc) is 2.90. The maximum Gasteiger partial charge on any atom is 0.0969 e. The third kappa shape index (κ3) is 3.82. The van der Waals surface area contributed by atoms with Crippen molar-refractivity contribution >= 4 is 5.84 Å². The van der Waals surface area contributed by atoms with E-state index in [0.717, 1.165) is 31.5 Å². The molecule has 0 saturated heterocycles. The zero-order chi connectivity index (χ0) is 10.5. The molecule has 2 N–H and O–H groups in total. The van der Waals surface area contributed by atoms with Crippen molar-refractivity contribution in [1.29, 1.82) is 0 Å². The van der Waals surface area contributed by atoms with E-state index in [9.17, 15) is 0 Å². The van der Waals surface area contributed by atoms with Gasteiger partial charge in [0.25, 0.3) is 0 Å². The number of nitrogens with zero attached hydrogens (tertiary/aromatic N) is 1. The normalized spacial score (nSPS) is 23.6. The Morgan fingerprint density at radius 3 is 2.60 bits per heavy atom. The lowest BCUT2D eigenvalue weighted by Gasteiger charge is -2.08. The smallest absolute Gasteiger partial charge is 0.0969 e. The molecule has 0 aromatic rings. The molecule has 0 heterocycles. The molecule has 0 atom stereocenters. The number of rotatable bonds is 6. The highest BCUT2D eigenvalue weighted by atomic mass is 16.5. The second kappa shape index (κ2) is 5.50. The van der Waals surface area contributed by atoms with Gasteiger partial charge in [0, 0.05) is 12.5 Å². The van der Waals surface area contributed by atoms with Crippen molar-refractivity contribution < 1.29 is 4.74 Å². The minimum Gasteiger partial charge on any atom is -0.387 e. The van der Waals surface area contributed by atoms with E-state index in [1.807, 2.05) is 0 Å². The summed E-state index contributed by atoms with van der Waals surface area (Å²) in [7, 11) is 0. The molecular weight excluding hydrogens is 188 g/mol. The van der Waals surface area contributed by atoms with Crippen LogP contribution in [0.3, 0.4) is 0 Å². The van der Waals surface area contributed by atoms with E-state index in [-0.39, 0.29) is 0 Å². The zero-order valence-corrected chi connectivity index (χ0v) is 9.45. The summed E-state index contributed by atoms with van der Waals surface area (Å²) in [5.74, 6) is 2.28. The van der Waals surface area contributed by atoms with Crippen LogP contribution in [0.15, 0.2) is 4.99 Å². The van der Waals surface area contributed by atoms with Crippen LogP contribution in [-0.4, -0.2) is 25.6 Å². The quantitative estimate of drug-likeness (QED) is 0.414. The van der Waals surface area contributed by atoms with E-state index in [1.165, 1.54) is 38.5 Å². The van der Waals surface area contributed by atoms with Crippen LogP contribution in [0.2, 0.25) is 0 Å². The van der Waals surface area contributed by atoms with Crippen molar-refractivity contribution in [3.8, 4) is 0 Å². The van der Waals surface area contributed by atoms with Gasteiger partial charge in [0.05, 0.1) is 19.0 Å². The second-order valence-electron chi connectivity index (χ2n) is 4.81. The predicted molar refractivity (Wildman–Crippen MR) is 62.0 cm³/mol. The van der Waals surface area contributed by atoms with Crippen molar-refractivity contribution in [2.45, 2.75) is 38.5 Å². The molecule has 0 aliphatic heterocycles. The summed E-state index contributed by atoms with van der Waals surface area (Å²) in [6.07, 6.45) is 7.82. The van der Waals surface area contributed by atoms with Crippen molar-refractivity contribution in [2.24, 2.45) is 22.6 Å². The number of nitrogens with two attached hydrogens (primary N) is 1. The molecular formula is C12H22N2O. The first kappa shape index (κ1) is 10.9. The fraction of sp³-hybridized carbons (Fsp3) is 0.917. The molecule has 86 valence electrons. The van der Waals surface area contributed by atoms with E-state index in [1.54, 1.807) is 0 Å². The third-order valence-electron chi connectivity index (χ3n) is 3.35. The number of hydrogen-bond acceptors (Lipinski definition) is 2. The monoisotopic (exact) mass is 210 g/mol. The molecule has 2 aliphatic rings. The van der Waals surface area contributed by atoms with Crippen LogP contribution in [0.4, 0.5) is 0 Å². The van der Waals surface area contributed by atoms with Crippen LogP contribution < -0.4 is 5.73 Å². The van der Waals surface area contributed by atoms with Crippen molar-refractivity contribution in [2.75, 3.05) is 19.8 Å². The maximum atomic E-state index is 5.93. The van der Waals surface area contributed by atoms with E-state index < -0.39 is 0 Å². The molecule has 2 saturated carbocycles. The molecule has 3 heteroatoms. The summed E-state index contributed by atoms with van der Waals surface area (Å²) in [5, 5.41) is 0. The molecule has 0 aromatic heterocycles. The Morgan fingerprint density at radius 1 is 1.20 bits per heavy atom. The second-order valence-corrected chi connectivity index (χ2v) is 4.81. The summed E-state index contributed by atoms with van der Waals surface area (Å²) in [4.78, 5) is 4.39. The largest absolute Gasteiger partial charge is 0.387 e. The van der Waals surface area contributed by atoms with Gasteiger partial charge in [-0.05, 0) is 31.6 Å². The highest BCUT2D eigenvalue weighted by molar-refractivity contribution is 5.83.